The van der Waals surface area contributed by atoms with Gasteiger partial charge in [0.05, 0.1) is 18.4 Å². The van der Waals surface area contributed by atoms with Gasteiger partial charge in [0.15, 0.2) is 0 Å². The van der Waals surface area contributed by atoms with Crippen LogP contribution < -0.4 is 4.74 Å². The van der Waals surface area contributed by atoms with E-state index >= 15 is 0 Å². The number of oxime groups is 1. The summed E-state index contributed by atoms with van der Waals surface area (Å²) >= 11 is 0. The highest BCUT2D eigenvalue weighted by Gasteiger charge is 2.34. The van der Waals surface area contributed by atoms with Crippen molar-refractivity contribution >= 4 is 11.6 Å². The standard InChI is InChI=1S/C23H24F3N3O3/c1-31-19-7-5-17(6-8-19)20-14-21(32-27-20)22(30)29-11-9-28(10-12-29)15-16-3-2-4-18(13-16)23(24,25)26/h2-8,13,21H,9-12,14-15H2,1H3. The summed E-state index contributed by atoms with van der Waals surface area (Å²) in [6.45, 7) is 2.57. The van der Waals surface area contributed by atoms with Crippen molar-refractivity contribution in [3.05, 3.63) is 65.2 Å². The Kier molecular flexibility index (Phi) is 6.36. The number of piperazine rings is 1. The van der Waals surface area contributed by atoms with Gasteiger partial charge in [0.2, 0.25) is 6.10 Å². The first-order chi connectivity index (χ1) is 15.3. The lowest BCUT2D eigenvalue weighted by Gasteiger charge is -2.35. The molecule has 2 heterocycles. The van der Waals surface area contributed by atoms with Gasteiger partial charge in [-0.15, -0.1) is 0 Å². The number of hydrogen-bond donors (Lipinski definition) is 0. The fourth-order valence-electron chi connectivity index (χ4n) is 3.90. The summed E-state index contributed by atoms with van der Waals surface area (Å²) in [6.07, 6.45) is -4.60. The molecule has 0 bridgehead atoms. The van der Waals surface area contributed by atoms with Crippen LogP contribution in [-0.4, -0.2) is 60.8 Å². The van der Waals surface area contributed by atoms with Crippen LogP contribution in [0, 0.1) is 0 Å². The number of amides is 1. The summed E-state index contributed by atoms with van der Waals surface area (Å²) < 4.78 is 43.9. The predicted molar refractivity (Wildman–Crippen MR) is 112 cm³/mol. The van der Waals surface area contributed by atoms with E-state index in [2.05, 4.69) is 5.16 Å². The van der Waals surface area contributed by atoms with Crippen molar-refractivity contribution in [1.82, 2.24) is 9.80 Å². The number of benzene rings is 2. The van der Waals surface area contributed by atoms with Crippen LogP contribution in [0.4, 0.5) is 13.2 Å². The fourth-order valence-corrected chi connectivity index (χ4v) is 3.90. The molecule has 6 nitrogen and oxygen atoms in total. The molecule has 0 aliphatic carbocycles. The summed E-state index contributed by atoms with van der Waals surface area (Å²) in [7, 11) is 1.60. The smallest absolute Gasteiger partial charge is 0.416 e. The molecule has 2 aliphatic heterocycles. The zero-order chi connectivity index (χ0) is 22.7. The van der Waals surface area contributed by atoms with E-state index in [9.17, 15) is 18.0 Å². The Labute approximate surface area is 184 Å². The lowest BCUT2D eigenvalue weighted by atomic mass is 10.0. The number of halogens is 3. The fraction of sp³-hybridized carbons (Fsp3) is 0.391. The molecule has 1 fully saturated rings. The molecule has 0 N–H and O–H groups in total. The minimum atomic E-state index is -4.35. The lowest BCUT2D eigenvalue weighted by molar-refractivity contribution is -0.144. The topological polar surface area (TPSA) is 54.4 Å². The first-order valence-corrected chi connectivity index (χ1v) is 10.4. The lowest BCUT2D eigenvalue weighted by Crippen LogP contribution is -2.51. The Morgan fingerprint density at radius 3 is 2.50 bits per heavy atom. The molecular formula is C23H24F3N3O3. The zero-order valence-electron chi connectivity index (χ0n) is 17.6. The Morgan fingerprint density at radius 1 is 1.12 bits per heavy atom. The van der Waals surface area contributed by atoms with E-state index in [4.69, 9.17) is 9.57 Å². The SMILES string of the molecule is COc1ccc(C2=NOC(C(=O)N3CCN(Cc4cccc(C(F)(F)F)c4)CC3)C2)cc1. The number of carbonyl (C=O) groups excluding carboxylic acids is 1. The zero-order valence-corrected chi connectivity index (χ0v) is 17.6. The normalized spacial score (nSPS) is 19.4. The van der Waals surface area contributed by atoms with E-state index in [1.807, 2.05) is 29.2 Å². The number of carbonyl (C=O) groups is 1. The van der Waals surface area contributed by atoms with Crippen molar-refractivity contribution in [2.45, 2.75) is 25.2 Å². The molecule has 0 spiro atoms. The summed E-state index contributed by atoms with van der Waals surface area (Å²) in [6, 6.07) is 12.8. The maximum absolute atomic E-state index is 12.9. The van der Waals surface area contributed by atoms with Crippen molar-refractivity contribution in [2.24, 2.45) is 5.16 Å². The molecular weight excluding hydrogens is 423 g/mol. The predicted octanol–water partition coefficient (Wildman–Crippen LogP) is 3.55. The Balaban J connectivity index is 1.28. The van der Waals surface area contributed by atoms with Gasteiger partial charge < -0.3 is 14.5 Å². The van der Waals surface area contributed by atoms with Gasteiger partial charge >= 0.3 is 6.18 Å². The first kappa shape index (κ1) is 22.1. The maximum atomic E-state index is 12.9. The van der Waals surface area contributed by atoms with Crippen molar-refractivity contribution < 1.29 is 27.5 Å². The largest absolute Gasteiger partial charge is 0.497 e. The van der Waals surface area contributed by atoms with Gasteiger partial charge in [0.25, 0.3) is 5.91 Å². The highest BCUT2D eigenvalue weighted by atomic mass is 19.4. The third-order valence-corrected chi connectivity index (χ3v) is 5.71. The van der Waals surface area contributed by atoms with Crippen molar-refractivity contribution in [1.29, 1.82) is 0 Å². The molecule has 2 aromatic carbocycles. The van der Waals surface area contributed by atoms with Crippen LogP contribution >= 0.6 is 0 Å². The maximum Gasteiger partial charge on any atom is 0.416 e. The average molecular weight is 447 g/mol. The highest BCUT2D eigenvalue weighted by Crippen LogP contribution is 2.30. The van der Waals surface area contributed by atoms with E-state index in [-0.39, 0.29) is 5.91 Å². The highest BCUT2D eigenvalue weighted by molar-refractivity contribution is 6.04. The summed E-state index contributed by atoms with van der Waals surface area (Å²) in [4.78, 5) is 22.1. The summed E-state index contributed by atoms with van der Waals surface area (Å²) in [5.41, 5.74) is 1.56. The van der Waals surface area contributed by atoms with Crippen LogP contribution in [0.25, 0.3) is 0 Å². The van der Waals surface area contributed by atoms with Gasteiger partial charge in [-0.3, -0.25) is 9.69 Å². The molecule has 1 saturated heterocycles. The molecule has 0 radical (unpaired) electrons. The first-order valence-electron chi connectivity index (χ1n) is 10.4. The van der Waals surface area contributed by atoms with E-state index in [1.165, 1.54) is 12.1 Å². The second-order valence-corrected chi connectivity index (χ2v) is 7.86. The number of methoxy groups -OCH3 is 1. The molecule has 0 aromatic heterocycles. The number of hydrogen-bond acceptors (Lipinski definition) is 5. The molecule has 4 rings (SSSR count). The Bertz CT molecular complexity index is 984. The quantitative estimate of drug-likeness (QED) is 0.704. The van der Waals surface area contributed by atoms with E-state index in [0.717, 1.165) is 17.4 Å². The Morgan fingerprint density at radius 2 is 1.84 bits per heavy atom. The van der Waals surface area contributed by atoms with Crippen molar-refractivity contribution in [3.63, 3.8) is 0 Å². The molecule has 32 heavy (non-hydrogen) atoms. The van der Waals surface area contributed by atoms with E-state index < -0.39 is 17.8 Å². The van der Waals surface area contributed by atoms with Crippen LogP contribution in [0.3, 0.4) is 0 Å². The molecule has 1 amide bonds. The van der Waals surface area contributed by atoms with Crippen molar-refractivity contribution in [2.75, 3.05) is 33.3 Å². The third-order valence-electron chi connectivity index (χ3n) is 5.71. The van der Waals surface area contributed by atoms with E-state index in [1.54, 1.807) is 18.1 Å². The van der Waals surface area contributed by atoms with Gasteiger partial charge in [-0.2, -0.15) is 13.2 Å². The van der Waals surface area contributed by atoms with Crippen LogP contribution in [0.15, 0.2) is 53.7 Å². The van der Waals surface area contributed by atoms with Gasteiger partial charge in [-0.05, 0) is 41.5 Å². The van der Waals surface area contributed by atoms with Gasteiger partial charge in [-0.1, -0.05) is 23.4 Å². The number of rotatable bonds is 5. The van der Waals surface area contributed by atoms with Gasteiger partial charge in [0.1, 0.15) is 5.75 Å². The van der Waals surface area contributed by atoms with Crippen LogP contribution in [0.2, 0.25) is 0 Å². The second-order valence-electron chi connectivity index (χ2n) is 7.86. The molecule has 2 aromatic rings. The third kappa shape index (κ3) is 5.04. The van der Waals surface area contributed by atoms with Gasteiger partial charge in [0, 0.05) is 39.1 Å². The minimum absolute atomic E-state index is 0.115. The summed E-state index contributed by atoms with van der Waals surface area (Å²) in [5.74, 6) is 0.625. The second kappa shape index (κ2) is 9.20. The molecule has 170 valence electrons. The average Bonchev–Trinajstić information content (AvgIpc) is 3.29. The molecule has 1 atom stereocenters. The Hall–Kier alpha value is -3.07. The molecule has 0 saturated carbocycles. The van der Waals surface area contributed by atoms with Crippen LogP contribution in [-0.2, 0) is 22.4 Å². The van der Waals surface area contributed by atoms with Crippen LogP contribution in [0.5, 0.6) is 5.75 Å². The molecule has 2 aliphatic rings. The number of nitrogens with zero attached hydrogens (tertiary/aromatic N) is 3. The van der Waals surface area contributed by atoms with Gasteiger partial charge in [-0.25, -0.2) is 0 Å². The minimum Gasteiger partial charge on any atom is -0.497 e. The number of ether oxygens (including phenoxy) is 1. The number of alkyl halides is 3. The summed E-state index contributed by atoms with van der Waals surface area (Å²) in [5, 5.41) is 4.08. The molecule has 1 unspecified atom stereocenters. The van der Waals surface area contributed by atoms with E-state index in [0.29, 0.717) is 50.4 Å². The monoisotopic (exact) mass is 447 g/mol. The van der Waals surface area contributed by atoms with Crippen molar-refractivity contribution in [3.8, 4) is 5.75 Å². The van der Waals surface area contributed by atoms with Crippen LogP contribution in [0.1, 0.15) is 23.1 Å². The molecule has 9 heteroatoms.